The summed E-state index contributed by atoms with van der Waals surface area (Å²) in [5.41, 5.74) is 7.32. The van der Waals surface area contributed by atoms with Crippen molar-refractivity contribution in [2.45, 2.75) is 70.8 Å². The molecule has 2 nitrogen and oxygen atoms in total. The molecule has 1 aromatic rings. The highest BCUT2D eigenvalue weighted by Gasteiger charge is 2.06. The van der Waals surface area contributed by atoms with Crippen LogP contribution in [0, 0.1) is 0 Å². The first kappa shape index (κ1) is 16.6. The molecule has 0 fully saturated rings. The maximum Gasteiger partial charge on any atom is 0.0410 e. The maximum absolute atomic E-state index is 6.18. The molecule has 1 aromatic heterocycles. The second kappa shape index (κ2) is 10.4. The summed E-state index contributed by atoms with van der Waals surface area (Å²) in [6.45, 7) is 2.26. The Morgan fingerprint density at radius 1 is 1.05 bits per heavy atom. The van der Waals surface area contributed by atoms with E-state index < -0.39 is 0 Å². The van der Waals surface area contributed by atoms with Gasteiger partial charge < -0.3 is 5.73 Å². The molecule has 1 unspecified atom stereocenters. The molecular weight excluding hydrogens is 300 g/mol. The molecule has 0 saturated carbocycles. The summed E-state index contributed by atoms with van der Waals surface area (Å²) in [5.74, 6) is 0. The zero-order valence-corrected chi connectivity index (χ0v) is 13.7. The van der Waals surface area contributed by atoms with Crippen LogP contribution in [0.5, 0.6) is 0 Å². The molecule has 1 rings (SSSR count). The van der Waals surface area contributed by atoms with E-state index in [9.17, 15) is 0 Å². The lowest BCUT2D eigenvalue weighted by Crippen LogP contribution is -2.10. The lowest BCUT2D eigenvalue weighted by Gasteiger charge is -2.11. The highest BCUT2D eigenvalue weighted by atomic mass is 79.9. The van der Waals surface area contributed by atoms with Crippen LogP contribution in [0.1, 0.15) is 76.3 Å². The van der Waals surface area contributed by atoms with Crippen molar-refractivity contribution in [2.24, 2.45) is 5.73 Å². The molecule has 0 aliphatic carbocycles. The van der Waals surface area contributed by atoms with Gasteiger partial charge in [-0.3, -0.25) is 4.98 Å². The molecule has 3 heteroatoms. The number of rotatable bonds is 10. The van der Waals surface area contributed by atoms with Gasteiger partial charge in [-0.05, 0) is 34.0 Å². The van der Waals surface area contributed by atoms with Crippen molar-refractivity contribution in [3.05, 3.63) is 28.5 Å². The molecule has 0 radical (unpaired) electrons. The smallest absolute Gasteiger partial charge is 0.0410 e. The van der Waals surface area contributed by atoms with E-state index in [1.165, 1.54) is 51.4 Å². The molecule has 0 aliphatic heterocycles. The fourth-order valence-corrected chi connectivity index (χ4v) is 2.68. The van der Waals surface area contributed by atoms with E-state index in [2.05, 4.69) is 33.9 Å². The van der Waals surface area contributed by atoms with E-state index >= 15 is 0 Å². The highest BCUT2D eigenvalue weighted by molar-refractivity contribution is 9.10. The predicted molar refractivity (Wildman–Crippen MR) is 86.1 cm³/mol. The Balaban J connectivity index is 2.06. The number of unbranched alkanes of at least 4 members (excludes halogenated alkanes) is 7. The van der Waals surface area contributed by atoms with Crippen LogP contribution >= 0.6 is 15.9 Å². The number of hydrogen-bond acceptors (Lipinski definition) is 2. The van der Waals surface area contributed by atoms with Crippen molar-refractivity contribution in [3.63, 3.8) is 0 Å². The van der Waals surface area contributed by atoms with Crippen molar-refractivity contribution in [1.82, 2.24) is 4.98 Å². The van der Waals surface area contributed by atoms with E-state index in [4.69, 9.17) is 5.73 Å². The zero-order valence-electron chi connectivity index (χ0n) is 12.1. The molecular formula is C16H27BrN2. The number of aromatic nitrogens is 1. The minimum Gasteiger partial charge on any atom is -0.324 e. The topological polar surface area (TPSA) is 38.9 Å². The summed E-state index contributed by atoms with van der Waals surface area (Å²) in [6, 6.07) is 2.20. The number of nitrogens with zero attached hydrogens (tertiary/aromatic N) is 1. The number of hydrogen-bond donors (Lipinski definition) is 1. The minimum absolute atomic E-state index is 0.130. The quantitative estimate of drug-likeness (QED) is 0.586. The maximum atomic E-state index is 6.18. The number of nitrogens with two attached hydrogens (primary N) is 1. The Kier molecular flexibility index (Phi) is 9.10. The van der Waals surface area contributed by atoms with Crippen LogP contribution in [0.2, 0.25) is 0 Å². The predicted octanol–water partition coefficient (Wildman–Crippen LogP) is 5.37. The van der Waals surface area contributed by atoms with Gasteiger partial charge in [-0.25, -0.2) is 0 Å². The molecule has 1 atom stereocenters. The molecule has 0 amide bonds. The molecule has 108 valence electrons. The van der Waals surface area contributed by atoms with Gasteiger partial charge in [0.15, 0.2) is 0 Å². The van der Waals surface area contributed by atoms with Crippen LogP contribution in [0.15, 0.2) is 22.9 Å². The van der Waals surface area contributed by atoms with Crippen molar-refractivity contribution in [3.8, 4) is 0 Å². The van der Waals surface area contributed by atoms with Gasteiger partial charge in [-0.1, -0.05) is 58.3 Å². The molecule has 19 heavy (non-hydrogen) atoms. The largest absolute Gasteiger partial charge is 0.324 e. The van der Waals surface area contributed by atoms with E-state index in [1.54, 1.807) is 6.20 Å². The summed E-state index contributed by atoms with van der Waals surface area (Å²) in [4.78, 5) is 4.16. The fraction of sp³-hybridized carbons (Fsp3) is 0.688. The third kappa shape index (κ3) is 7.68. The van der Waals surface area contributed by atoms with Crippen molar-refractivity contribution in [1.29, 1.82) is 0 Å². The van der Waals surface area contributed by atoms with Gasteiger partial charge in [0, 0.05) is 22.9 Å². The minimum atomic E-state index is 0.130. The Bertz CT molecular complexity index is 341. The normalized spacial score (nSPS) is 12.6. The van der Waals surface area contributed by atoms with Crippen LogP contribution in [-0.2, 0) is 0 Å². The Labute approximate surface area is 126 Å². The lowest BCUT2D eigenvalue weighted by molar-refractivity contribution is 0.535. The second-order valence-electron chi connectivity index (χ2n) is 5.31. The zero-order chi connectivity index (χ0) is 13.9. The van der Waals surface area contributed by atoms with E-state index in [0.29, 0.717) is 0 Å². The standard InChI is InChI=1S/C16H27BrN2/c1-2-3-4-5-6-7-8-9-10-16(18)14-11-15(17)13-19-12-14/h11-13,16H,2-10,18H2,1H3. The third-order valence-corrected chi connectivity index (χ3v) is 3.96. The average Bonchev–Trinajstić information content (AvgIpc) is 2.41. The SMILES string of the molecule is CCCCCCCCCCC(N)c1cncc(Br)c1. The third-order valence-electron chi connectivity index (χ3n) is 3.52. The summed E-state index contributed by atoms with van der Waals surface area (Å²) >= 11 is 3.44. The first-order valence-electron chi connectivity index (χ1n) is 7.60. The second-order valence-corrected chi connectivity index (χ2v) is 6.22. The van der Waals surface area contributed by atoms with Gasteiger partial charge in [-0.15, -0.1) is 0 Å². The first-order chi connectivity index (χ1) is 9.24. The molecule has 2 N–H and O–H groups in total. The first-order valence-corrected chi connectivity index (χ1v) is 8.39. The molecule has 0 aromatic carbocycles. The van der Waals surface area contributed by atoms with E-state index in [-0.39, 0.29) is 6.04 Å². The van der Waals surface area contributed by atoms with Crippen LogP contribution in [-0.4, -0.2) is 4.98 Å². The molecule has 0 aliphatic rings. The van der Waals surface area contributed by atoms with E-state index in [1.807, 2.05) is 6.20 Å². The number of halogens is 1. The van der Waals surface area contributed by atoms with E-state index in [0.717, 1.165) is 16.5 Å². The summed E-state index contributed by atoms with van der Waals surface area (Å²) in [7, 11) is 0. The van der Waals surface area contributed by atoms with Crippen molar-refractivity contribution >= 4 is 15.9 Å². The van der Waals surface area contributed by atoms with Gasteiger partial charge in [0.2, 0.25) is 0 Å². The molecule has 0 spiro atoms. The molecule has 0 saturated heterocycles. The fourth-order valence-electron chi connectivity index (χ4n) is 2.30. The van der Waals surface area contributed by atoms with Crippen LogP contribution in [0.3, 0.4) is 0 Å². The van der Waals surface area contributed by atoms with Gasteiger partial charge in [0.05, 0.1) is 0 Å². The average molecular weight is 327 g/mol. The van der Waals surface area contributed by atoms with Crippen LogP contribution < -0.4 is 5.73 Å². The van der Waals surface area contributed by atoms with Crippen molar-refractivity contribution in [2.75, 3.05) is 0 Å². The lowest BCUT2D eigenvalue weighted by atomic mass is 10.0. The summed E-state index contributed by atoms with van der Waals surface area (Å²) in [6.07, 6.45) is 15.5. The highest BCUT2D eigenvalue weighted by Crippen LogP contribution is 2.20. The Morgan fingerprint density at radius 3 is 2.32 bits per heavy atom. The van der Waals surface area contributed by atoms with Gasteiger partial charge in [0.1, 0.15) is 0 Å². The molecule has 1 heterocycles. The van der Waals surface area contributed by atoms with Crippen LogP contribution in [0.4, 0.5) is 0 Å². The number of pyridine rings is 1. The van der Waals surface area contributed by atoms with Gasteiger partial charge >= 0.3 is 0 Å². The van der Waals surface area contributed by atoms with Gasteiger partial charge in [-0.2, -0.15) is 0 Å². The monoisotopic (exact) mass is 326 g/mol. The summed E-state index contributed by atoms with van der Waals surface area (Å²) < 4.78 is 1.01. The van der Waals surface area contributed by atoms with Crippen LogP contribution in [0.25, 0.3) is 0 Å². The Morgan fingerprint density at radius 2 is 1.68 bits per heavy atom. The molecule has 0 bridgehead atoms. The van der Waals surface area contributed by atoms with Crippen molar-refractivity contribution < 1.29 is 0 Å². The van der Waals surface area contributed by atoms with Gasteiger partial charge in [0.25, 0.3) is 0 Å². The summed E-state index contributed by atoms with van der Waals surface area (Å²) in [5, 5.41) is 0. The Hall–Kier alpha value is -0.410.